The summed E-state index contributed by atoms with van der Waals surface area (Å²) in [7, 11) is 1.42. The molecule has 0 unspecified atom stereocenters. The van der Waals surface area contributed by atoms with Crippen molar-refractivity contribution in [2.24, 2.45) is 0 Å². The lowest BCUT2D eigenvalue weighted by Crippen LogP contribution is -2.05. The van der Waals surface area contributed by atoms with Crippen molar-refractivity contribution >= 4 is 40.4 Å². The van der Waals surface area contributed by atoms with Gasteiger partial charge >= 0.3 is 5.97 Å². The van der Waals surface area contributed by atoms with Gasteiger partial charge in [-0.25, -0.2) is 0 Å². The van der Waals surface area contributed by atoms with Gasteiger partial charge in [-0.15, -0.1) is 34.4 Å². The van der Waals surface area contributed by atoms with Gasteiger partial charge in [0.05, 0.1) is 18.1 Å². The summed E-state index contributed by atoms with van der Waals surface area (Å²) in [5, 5.41) is 4.37. The van der Waals surface area contributed by atoms with Crippen LogP contribution < -0.4 is 0 Å². The van der Waals surface area contributed by atoms with E-state index in [9.17, 15) is 4.79 Å². The molecular weight excluding hydrogens is 272 g/mol. The first-order chi connectivity index (χ1) is 8.31. The third-order valence-corrected chi connectivity index (χ3v) is 5.62. The third-order valence-electron chi connectivity index (χ3n) is 2.20. The highest BCUT2D eigenvalue weighted by atomic mass is 32.2. The Labute approximate surface area is 113 Å². The Morgan fingerprint density at radius 2 is 1.88 bits per heavy atom. The van der Waals surface area contributed by atoms with Crippen LogP contribution in [0.1, 0.15) is 15.0 Å². The Hall–Kier alpha value is -0.780. The van der Waals surface area contributed by atoms with E-state index in [1.807, 2.05) is 12.1 Å². The van der Waals surface area contributed by atoms with Gasteiger partial charge in [0, 0.05) is 9.75 Å². The van der Waals surface area contributed by atoms with Gasteiger partial charge in [0.15, 0.2) is 0 Å². The number of methoxy groups -OCH3 is 1. The Morgan fingerprint density at radius 1 is 1.29 bits per heavy atom. The molecule has 2 heterocycles. The molecule has 0 aliphatic rings. The molecule has 0 atom stereocenters. The van der Waals surface area contributed by atoms with E-state index in [1.165, 1.54) is 16.9 Å². The van der Waals surface area contributed by atoms with Crippen molar-refractivity contribution in [3.8, 4) is 0 Å². The summed E-state index contributed by atoms with van der Waals surface area (Å²) in [4.78, 5) is 13.8. The molecule has 90 valence electrons. The highest BCUT2D eigenvalue weighted by Crippen LogP contribution is 2.39. The predicted octanol–water partition coefficient (Wildman–Crippen LogP) is 3.81. The standard InChI is InChI=1S/C12H12O2S3/c1-14-11(13)8-17-12(9-4-2-6-15-9)10-5-3-7-16-10/h2-7,12H,8H2,1H3. The van der Waals surface area contributed by atoms with E-state index in [2.05, 4.69) is 27.6 Å². The van der Waals surface area contributed by atoms with Crippen molar-refractivity contribution in [3.63, 3.8) is 0 Å². The van der Waals surface area contributed by atoms with Crippen LogP contribution >= 0.6 is 34.4 Å². The second-order valence-corrected chi connectivity index (χ2v) is 6.35. The Balaban J connectivity index is 2.11. The largest absolute Gasteiger partial charge is 0.468 e. The minimum absolute atomic E-state index is 0.173. The SMILES string of the molecule is COC(=O)CSC(c1cccs1)c1cccs1. The normalized spacial score (nSPS) is 10.7. The molecule has 0 bridgehead atoms. The summed E-state index contributed by atoms with van der Waals surface area (Å²) in [6, 6.07) is 8.30. The van der Waals surface area contributed by atoms with E-state index in [-0.39, 0.29) is 11.2 Å². The number of carbonyl (C=O) groups excluding carboxylic acids is 1. The van der Waals surface area contributed by atoms with Gasteiger partial charge < -0.3 is 4.74 Å². The van der Waals surface area contributed by atoms with Crippen molar-refractivity contribution < 1.29 is 9.53 Å². The fourth-order valence-electron chi connectivity index (χ4n) is 1.40. The van der Waals surface area contributed by atoms with E-state index in [0.29, 0.717) is 5.75 Å². The number of ether oxygens (including phenoxy) is 1. The maximum Gasteiger partial charge on any atom is 0.315 e. The average Bonchev–Trinajstić information content (AvgIpc) is 3.01. The number of esters is 1. The molecule has 2 nitrogen and oxygen atoms in total. The van der Waals surface area contributed by atoms with Gasteiger partial charge in [-0.2, -0.15) is 0 Å². The van der Waals surface area contributed by atoms with Crippen LogP contribution in [0.15, 0.2) is 35.0 Å². The maximum absolute atomic E-state index is 11.2. The molecule has 0 N–H and O–H groups in total. The second-order valence-electron chi connectivity index (χ2n) is 3.30. The van der Waals surface area contributed by atoms with Crippen LogP contribution in [0, 0.1) is 0 Å². The van der Waals surface area contributed by atoms with Crippen LogP contribution in [0.3, 0.4) is 0 Å². The summed E-state index contributed by atoms with van der Waals surface area (Å²) in [6.07, 6.45) is 0. The van der Waals surface area contributed by atoms with Crippen molar-refractivity contribution in [2.45, 2.75) is 5.25 Å². The lowest BCUT2D eigenvalue weighted by Gasteiger charge is -2.12. The van der Waals surface area contributed by atoms with E-state index in [4.69, 9.17) is 0 Å². The molecular formula is C12H12O2S3. The molecule has 0 aromatic carbocycles. The topological polar surface area (TPSA) is 26.3 Å². The Bertz CT molecular complexity index is 414. The Kier molecular flexibility index (Phi) is 4.65. The third kappa shape index (κ3) is 3.34. The molecule has 0 radical (unpaired) electrons. The summed E-state index contributed by atoms with van der Waals surface area (Å²) >= 11 is 5.06. The first kappa shape index (κ1) is 12.7. The monoisotopic (exact) mass is 284 g/mol. The zero-order valence-electron chi connectivity index (χ0n) is 9.29. The summed E-state index contributed by atoms with van der Waals surface area (Å²) < 4.78 is 4.68. The van der Waals surface area contributed by atoms with Crippen molar-refractivity contribution in [1.29, 1.82) is 0 Å². The van der Waals surface area contributed by atoms with Gasteiger partial charge in [0.1, 0.15) is 0 Å². The number of hydrogen-bond donors (Lipinski definition) is 0. The average molecular weight is 284 g/mol. The van der Waals surface area contributed by atoms with E-state index in [1.54, 1.807) is 34.4 Å². The molecule has 0 aliphatic carbocycles. The van der Waals surface area contributed by atoms with Crippen LogP contribution in [0.4, 0.5) is 0 Å². The first-order valence-electron chi connectivity index (χ1n) is 5.06. The molecule has 2 aromatic heterocycles. The highest BCUT2D eigenvalue weighted by molar-refractivity contribution is 8.00. The summed E-state index contributed by atoms with van der Waals surface area (Å²) in [6.45, 7) is 0. The van der Waals surface area contributed by atoms with E-state index >= 15 is 0 Å². The number of rotatable bonds is 5. The highest BCUT2D eigenvalue weighted by Gasteiger charge is 2.18. The van der Waals surface area contributed by atoms with E-state index in [0.717, 1.165) is 0 Å². The predicted molar refractivity (Wildman–Crippen MR) is 75.0 cm³/mol. The first-order valence-corrected chi connectivity index (χ1v) is 7.87. The molecule has 17 heavy (non-hydrogen) atoms. The van der Waals surface area contributed by atoms with Gasteiger partial charge in [-0.3, -0.25) is 4.79 Å². The quantitative estimate of drug-likeness (QED) is 0.781. The number of thiophene rings is 2. The van der Waals surface area contributed by atoms with Gasteiger partial charge in [-0.1, -0.05) is 12.1 Å². The van der Waals surface area contributed by atoms with Crippen LogP contribution in [0.5, 0.6) is 0 Å². The van der Waals surface area contributed by atoms with Gasteiger partial charge in [0.2, 0.25) is 0 Å². The maximum atomic E-state index is 11.2. The van der Waals surface area contributed by atoms with E-state index < -0.39 is 0 Å². The summed E-state index contributed by atoms with van der Waals surface area (Å²) in [5.74, 6) is 0.213. The Morgan fingerprint density at radius 3 is 2.29 bits per heavy atom. The number of hydrogen-bond acceptors (Lipinski definition) is 5. The molecule has 5 heteroatoms. The zero-order chi connectivity index (χ0) is 12.1. The second kappa shape index (κ2) is 6.23. The van der Waals surface area contributed by atoms with Crippen LogP contribution in [-0.2, 0) is 9.53 Å². The molecule has 2 rings (SSSR count). The summed E-state index contributed by atoms with van der Waals surface area (Å²) in [5.41, 5.74) is 0. The van der Waals surface area contributed by atoms with Crippen molar-refractivity contribution in [3.05, 3.63) is 44.8 Å². The molecule has 0 aliphatic heterocycles. The zero-order valence-corrected chi connectivity index (χ0v) is 11.7. The van der Waals surface area contributed by atoms with Crippen LogP contribution in [0.2, 0.25) is 0 Å². The number of carbonyl (C=O) groups is 1. The van der Waals surface area contributed by atoms with Crippen LogP contribution in [0.25, 0.3) is 0 Å². The number of thioether (sulfide) groups is 1. The van der Waals surface area contributed by atoms with Crippen molar-refractivity contribution in [1.82, 2.24) is 0 Å². The van der Waals surface area contributed by atoms with Gasteiger partial charge in [-0.05, 0) is 22.9 Å². The van der Waals surface area contributed by atoms with Crippen LogP contribution in [-0.4, -0.2) is 18.8 Å². The molecule has 0 spiro atoms. The molecule has 0 fully saturated rings. The van der Waals surface area contributed by atoms with Crippen molar-refractivity contribution in [2.75, 3.05) is 12.9 Å². The molecule has 2 aromatic rings. The lowest BCUT2D eigenvalue weighted by atomic mass is 10.3. The smallest absolute Gasteiger partial charge is 0.315 e. The van der Waals surface area contributed by atoms with Gasteiger partial charge in [0.25, 0.3) is 0 Å². The fourth-order valence-corrected chi connectivity index (χ4v) is 4.56. The molecule has 0 saturated heterocycles. The molecule has 0 saturated carbocycles. The molecule has 0 amide bonds. The minimum Gasteiger partial charge on any atom is -0.468 e. The minimum atomic E-state index is -0.173. The fraction of sp³-hybridized carbons (Fsp3) is 0.250. The lowest BCUT2D eigenvalue weighted by molar-refractivity contribution is -0.137.